The van der Waals surface area contributed by atoms with Gasteiger partial charge in [0.2, 0.25) is 0 Å². The van der Waals surface area contributed by atoms with Gasteiger partial charge in [0.05, 0.1) is 0 Å². The molecule has 0 aliphatic rings. The quantitative estimate of drug-likeness (QED) is 0.542. The number of hydrogen-bond donors (Lipinski definition) is 1. The van der Waals surface area contributed by atoms with Crippen molar-refractivity contribution in [3.63, 3.8) is 0 Å². The minimum Gasteiger partial charge on any atom is 0 e. The van der Waals surface area contributed by atoms with Crippen LogP contribution in [0, 0.1) is 0 Å². The van der Waals surface area contributed by atoms with E-state index >= 15 is 0 Å². The summed E-state index contributed by atoms with van der Waals surface area (Å²) in [6, 6.07) is 0. The topological polar surface area (TPSA) is 71.4 Å². The Kier molecular flexibility index (Phi) is 4.34. The third-order valence-electron chi connectivity index (χ3n) is 0. The van der Waals surface area contributed by atoms with Crippen molar-refractivity contribution < 1.29 is 49.1 Å². The molecule has 0 aromatic rings. The van der Waals surface area contributed by atoms with Gasteiger partial charge in [0, 0.05) is 20.4 Å². The van der Waals surface area contributed by atoms with Gasteiger partial charge in [-0.05, 0) is 0 Å². The van der Waals surface area contributed by atoms with Gasteiger partial charge < -0.3 is 0 Å². The molecule has 6 heavy (non-hydrogen) atoms. The molecule has 0 rings (SSSR count). The van der Waals surface area contributed by atoms with E-state index in [1.54, 1.807) is 0 Å². The van der Waals surface area contributed by atoms with Gasteiger partial charge in [0.25, 0.3) is 0 Å². The molecule has 0 aliphatic heterocycles. The van der Waals surface area contributed by atoms with Crippen LogP contribution in [0.5, 0.6) is 0 Å². The second-order valence-electron chi connectivity index (χ2n) is 0.396. The Bertz CT molecular complexity index is 129. The van der Waals surface area contributed by atoms with Crippen LogP contribution in [-0.4, -0.2) is 4.19 Å². The Morgan fingerprint density at radius 1 is 1.17 bits per heavy atom. The van der Waals surface area contributed by atoms with E-state index in [4.69, 9.17) is 15.7 Å². The number of hydrogen-bond acceptors (Lipinski definition) is 3. The molecule has 4 nitrogen and oxygen atoms in total. The summed E-state index contributed by atoms with van der Waals surface area (Å²) >= 11 is -5.38. The van der Waals surface area contributed by atoms with Gasteiger partial charge >= 0.3 is 28.7 Å². The molecule has 0 fully saturated rings. The van der Waals surface area contributed by atoms with Crippen LogP contribution in [0.4, 0.5) is 0 Å². The molecule has 0 saturated carbocycles. The summed E-state index contributed by atoms with van der Waals surface area (Å²) in [6.45, 7) is 0. The average Bonchev–Trinajstić information content (AvgIpc) is 0.722. The van der Waals surface area contributed by atoms with Crippen LogP contribution in [0.25, 0.3) is 0 Å². The minimum atomic E-state index is -5.38. The molecule has 0 heterocycles. The first-order chi connectivity index (χ1) is 2.00. The Labute approximate surface area is 49.4 Å². The molecule has 0 aromatic heterocycles. The summed E-state index contributed by atoms with van der Waals surface area (Å²) in [6.07, 6.45) is 0. The van der Waals surface area contributed by atoms with E-state index in [-0.39, 0.29) is 20.4 Å². The molecule has 42 valence electrons. The maximum Gasteiger partial charge on any atom is 0 e. The zero-order valence-corrected chi connectivity index (χ0v) is 5.10. The largest absolute Gasteiger partial charge is 0 e. The van der Waals surface area contributed by atoms with E-state index in [0.29, 0.717) is 0 Å². The maximum absolute atomic E-state index is 8.69. The van der Waals surface area contributed by atoms with E-state index in [1.807, 2.05) is 0 Å². The van der Waals surface area contributed by atoms with Crippen molar-refractivity contribution in [2.24, 2.45) is 0 Å². The van der Waals surface area contributed by atoms with E-state index in [2.05, 4.69) is 0 Å². The van der Waals surface area contributed by atoms with E-state index in [0.717, 1.165) is 0 Å². The smallest absolute Gasteiger partial charge is 0 e. The van der Waals surface area contributed by atoms with Crippen LogP contribution in [0.2, 0.25) is 0 Å². The van der Waals surface area contributed by atoms with Crippen molar-refractivity contribution >= 4 is 0 Å². The Morgan fingerprint density at radius 3 is 1.17 bits per heavy atom. The first-order valence-electron chi connectivity index (χ1n) is 0.632. The predicted octanol–water partition coefficient (Wildman–Crippen LogP) is -0.918. The fraction of sp³-hybridized carbons (Fsp3) is 0. The maximum atomic E-state index is 8.69. The second-order valence-corrected chi connectivity index (χ2v) is 1.63. The Balaban J connectivity index is 0. The van der Waals surface area contributed by atoms with Crippen molar-refractivity contribution in [1.29, 1.82) is 0 Å². The molecule has 0 unspecified atom stereocenters. The average molecular weight is 226 g/mol. The van der Waals surface area contributed by atoms with E-state index in [1.165, 1.54) is 0 Å². The molecule has 0 atom stereocenters. The van der Waals surface area contributed by atoms with E-state index in [9.17, 15) is 0 Å². The Morgan fingerprint density at radius 2 is 1.17 bits per heavy atom. The fourth-order valence-corrected chi connectivity index (χ4v) is 0. The number of rotatable bonds is 0. The predicted molar refractivity (Wildman–Crippen MR) is 4.28 cm³/mol. The SMILES string of the molecule is [O]=[Mn](=[O])(=[O])[OH].[Pd]. The first kappa shape index (κ1) is 9.74. The molecule has 0 bridgehead atoms. The van der Waals surface area contributed by atoms with Crippen molar-refractivity contribution in [1.82, 2.24) is 0 Å². The summed E-state index contributed by atoms with van der Waals surface area (Å²) in [5.74, 6) is 0. The van der Waals surface area contributed by atoms with Gasteiger partial charge in [-0.3, -0.25) is 0 Å². The van der Waals surface area contributed by atoms with Crippen LogP contribution in [0.3, 0.4) is 0 Å². The zero-order valence-electron chi connectivity index (χ0n) is 2.37. The fourth-order valence-electron chi connectivity index (χ4n) is 0. The molecule has 0 radical (unpaired) electrons. The third kappa shape index (κ3) is 194. The van der Waals surface area contributed by atoms with Gasteiger partial charge in [-0.15, -0.1) is 0 Å². The summed E-state index contributed by atoms with van der Waals surface area (Å²) in [7, 11) is 0. The molecule has 6 heteroatoms. The van der Waals surface area contributed by atoms with Crippen LogP contribution in [0.15, 0.2) is 0 Å². The molecular formula is HMnO4Pd. The molecule has 0 amide bonds. The summed E-state index contributed by atoms with van der Waals surface area (Å²) in [4.78, 5) is 0. The zero-order chi connectivity index (χ0) is 4.50. The first-order valence-corrected chi connectivity index (χ1v) is 2.61. The molecule has 0 spiro atoms. The summed E-state index contributed by atoms with van der Waals surface area (Å²) in [5, 5.41) is 0. The normalized spacial score (nSPS) is 9.50. The van der Waals surface area contributed by atoms with Crippen molar-refractivity contribution in [3.05, 3.63) is 0 Å². The molecule has 0 aliphatic carbocycles. The summed E-state index contributed by atoms with van der Waals surface area (Å²) < 4.78 is 33.1. The van der Waals surface area contributed by atoms with Crippen LogP contribution >= 0.6 is 0 Å². The van der Waals surface area contributed by atoms with Crippen molar-refractivity contribution in [2.45, 2.75) is 0 Å². The van der Waals surface area contributed by atoms with Gasteiger partial charge in [-0.25, -0.2) is 0 Å². The van der Waals surface area contributed by atoms with Gasteiger partial charge in [0.15, 0.2) is 0 Å². The van der Waals surface area contributed by atoms with Crippen LogP contribution < -0.4 is 0 Å². The molecular weight excluding hydrogens is 225 g/mol. The van der Waals surface area contributed by atoms with Crippen LogP contribution in [-0.2, 0) is 44.9 Å². The monoisotopic (exact) mass is 226 g/mol. The molecule has 1 N–H and O–H groups in total. The molecule has 0 aromatic carbocycles. The standard InChI is InChI=1S/Mn.H2O.3O.Pd/h;1H2;;;;/q+1;;;;;/p-1. The second kappa shape index (κ2) is 2.67. The van der Waals surface area contributed by atoms with E-state index < -0.39 is 13.0 Å². The molecule has 0 saturated heterocycles. The minimum absolute atomic E-state index is 0. The summed E-state index contributed by atoms with van der Waals surface area (Å²) in [5.41, 5.74) is 0. The van der Waals surface area contributed by atoms with Gasteiger partial charge in [0.1, 0.15) is 0 Å². The third-order valence-corrected chi connectivity index (χ3v) is 0. The van der Waals surface area contributed by atoms with Crippen LogP contribution in [0.1, 0.15) is 0 Å². The Hall–Kier alpha value is 0.542. The van der Waals surface area contributed by atoms with Crippen molar-refractivity contribution in [2.75, 3.05) is 0 Å². The van der Waals surface area contributed by atoms with Gasteiger partial charge in [-0.1, -0.05) is 0 Å². The van der Waals surface area contributed by atoms with Gasteiger partial charge in [-0.2, -0.15) is 0 Å². The van der Waals surface area contributed by atoms with Crippen molar-refractivity contribution in [3.8, 4) is 0 Å².